The van der Waals surface area contributed by atoms with Gasteiger partial charge in [0.15, 0.2) is 6.10 Å². The Labute approximate surface area is 142 Å². The lowest BCUT2D eigenvalue weighted by molar-refractivity contribution is -0.144. The second-order valence-electron chi connectivity index (χ2n) is 5.34. The number of ether oxygens (including phenoxy) is 1. The van der Waals surface area contributed by atoms with Crippen LogP contribution in [0, 0.1) is 0 Å². The molecule has 1 aromatic heterocycles. The van der Waals surface area contributed by atoms with Gasteiger partial charge in [0, 0.05) is 12.6 Å². The highest BCUT2D eigenvalue weighted by atomic mass is 19.4. The lowest BCUT2D eigenvalue weighted by atomic mass is 10.1. The molecule has 1 heterocycles. The summed E-state index contributed by atoms with van der Waals surface area (Å²) in [5.41, 5.74) is -3.15. The summed E-state index contributed by atoms with van der Waals surface area (Å²) in [7, 11) is 0.986. The van der Waals surface area contributed by atoms with E-state index in [1.54, 1.807) is 0 Å². The van der Waals surface area contributed by atoms with E-state index in [9.17, 15) is 31.1 Å². The molecule has 1 aromatic carbocycles. The number of carboxylic acids is 1. The highest BCUT2D eigenvalue weighted by molar-refractivity contribution is 5.74. The maximum Gasteiger partial charge on any atom is 0.433 e. The Morgan fingerprint density at radius 3 is 2.23 bits per heavy atom. The van der Waals surface area contributed by atoms with E-state index in [0.29, 0.717) is 22.9 Å². The molecule has 0 aliphatic heterocycles. The van der Waals surface area contributed by atoms with Crippen molar-refractivity contribution in [2.24, 2.45) is 7.05 Å². The Morgan fingerprint density at radius 1 is 1.15 bits per heavy atom. The van der Waals surface area contributed by atoms with Gasteiger partial charge in [0.25, 0.3) is 0 Å². The Kier molecular flexibility index (Phi) is 4.93. The van der Waals surface area contributed by atoms with Gasteiger partial charge in [-0.25, -0.2) is 4.79 Å². The molecule has 0 aliphatic carbocycles. The largest absolute Gasteiger partial charge is 0.479 e. The van der Waals surface area contributed by atoms with E-state index in [2.05, 4.69) is 5.10 Å². The molecule has 0 radical (unpaired) electrons. The van der Waals surface area contributed by atoms with Crippen molar-refractivity contribution in [3.05, 3.63) is 35.5 Å². The average molecular weight is 382 g/mol. The monoisotopic (exact) mass is 382 g/mol. The summed E-state index contributed by atoms with van der Waals surface area (Å²) in [5, 5.41) is 12.5. The number of nitrogens with zero attached hydrogens (tertiary/aromatic N) is 2. The highest BCUT2D eigenvalue weighted by Gasteiger charge is 2.36. The van der Waals surface area contributed by atoms with Crippen molar-refractivity contribution in [2.75, 3.05) is 0 Å². The highest BCUT2D eigenvalue weighted by Crippen LogP contribution is 2.39. The van der Waals surface area contributed by atoms with Gasteiger partial charge >= 0.3 is 18.3 Å². The molecule has 2 aromatic rings. The van der Waals surface area contributed by atoms with Crippen LogP contribution in [0.4, 0.5) is 26.3 Å². The third kappa shape index (κ3) is 4.09. The molecule has 5 nitrogen and oxygen atoms in total. The molecule has 0 saturated carbocycles. The van der Waals surface area contributed by atoms with Crippen molar-refractivity contribution in [1.29, 1.82) is 0 Å². The molecule has 1 atom stereocenters. The van der Waals surface area contributed by atoms with Gasteiger partial charge in [-0.2, -0.15) is 31.4 Å². The third-order valence-corrected chi connectivity index (χ3v) is 3.40. The van der Waals surface area contributed by atoms with Crippen LogP contribution < -0.4 is 4.74 Å². The van der Waals surface area contributed by atoms with Crippen LogP contribution in [0.3, 0.4) is 0 Å². The van der Waals surface area contributed by atoms with Crippen LogP contribution in [0.5, 0.6) is 5.75 Å². The van der Waals surface area contributed by atoms with Gasteiger partial charge in [0.05, 0.1) is 11.3 Å². The smallest absolute Gasteiger partial charge is 0.433 e. The van der Waals surface area contributed by atoms with Crippen LogP contribution in [-0.2, 0) is 24.2 Å². The molecular formula is C15H12F6N2O3. The SMILES string of the molecule is C[C@H](Oc1ccc(C(F)(F)F)cc1-c1cc(C(F)(F)F)n(C)n1)C(=O)O. The number of rotatable bonds is 4. The van der Waals surface area contributed by atoms with Crippen LogP contribution in [0.2, 0.25) is 0 Å². The van der Waals surface area contributed by atoms with E-state index in [1.807, 2.05) is 0 Å². The molecule has 0 bridgehead atoms. The maximum atomic E-state index is 12.9. The minimum absolute atomic E-state index is 0.334. The summed E-state index contributed by atoms with van der Waals surface area (Å²) in [6, 6.07) is 2.61. The van der Waals surface area contributed by atoms with Crippen LogP contribution >= 0.6 is 0 Å². The number of halogens is 6. The fourth-order valence-electron chi connectivity index (χ4n) is 2.11. The number of carbonyl (C=O) groups is 1. The molecule has 0 saturated heterocycles. The zero-order chi connectivity index (χ0) is 19.9. The number of hydrogen-bond acceptors (Lipinski definition) is 3. The molecule has 0 spiro atoms. The average Bonchev–Trinajstić information content (AvgIpc) is 2.88. The predicted octanol–water partition coefficient (Wildman–Crippen LogP) is 3.98. The summed E-state index contributed by atoms with van der Waals surface area (Å²) in [6.45, 7) is 1.13. The first-order valence-electron chi connectivity index (χ1n) is 7.03. The summed E-state index contributed by atoms with van der Waals surface area (Å²) < 4.78 is 83.1. The minimum atomic E-state index is -4.77. The van der Waals surface area contributed by atoms with E-state index < -0.39 is 46.9 Å². The van der Waals surface area contributed by atoms with Gasteiger partial charge in [-0.05, 0) is 31.2 Å². The fraction of sp³-hybridized carbons (Fsp3) is 0.333. The quantitative estimate of drug-likeness (QED) is 0.813. The number of alkyl halides is 6. The first-order chi connectivity index (χ1) is 11.8. The van der Waals surface area contributed by atoms with E-state index in [1.165, 1.54) is 0 Å². The fourth-order valence-corrected chi connectivity index (χ4v) is 2.11. The number of hydrogen-bond donors (Lipinski definition) is 1. The normalized spacial score (nSPS) is 13.5. The van der Waals surface area contributed by atoms with Gasteiger partial charge in [0.1, 0.15) is 11.4 Å². The minimum Gasteiger partial charge on any atom is -0.479 e. The van der Waals surface area contributed by atoms with Crippen LogP contribution in [0.1, 0.15) is 18.2 Å². The standard InChI is InChI=1S/C15H12F6N2O3/c1-7(13(24)25)26-11-4-3-8(14(16,17)18)5-9(11)10-6-12(15(19,20)21)23(2)22-10/h3-7H,1-2H3,(H,24,25)/t7-/m0/s1. The van der Waals surface area contributed by atoms with Gasteiger partial charge in [-0.3, -0.25) is 4.68 Å². The zero-order valence-electron chi connectivity index (χ0n) is 13.3. The molecule has 0 amide bonds. The Hall–Kier alpha value is -2.72. The molecule has 26 heavy (non-hydrogen) atoms. The number of benzene rings is 1. The predicted molar refractivity (Wildman–Crippen MR) is 76.4 cm³/mol. The van der Waals surface area contributed by atoms with Crippen molar-refractivity contribution >= 4 is 5.97 Å². The van der Waals surface area contributed by atoms with Crippen molar-refractivity contribution in [3.63, 3.8) is 0 Å². The molecule has 0 unspecified atom stereocenters. The lowest BCUT2D eigenvalue weighted by Crippen LogP contribution is -2.23. The van der Waals surface area contributed by atoms with Gasteiger partial charge in [-0.1, -0.05) is 0 Å². The van der Waals surface area contributed by atoms with Crippen molar-refractivity contribution in [1.82, 2.24) is 9.78 Å². The topological polar surface area (TPSA) is 64.4 Å². The molecule has 1 N–H and O–H groups in total. The van der Waals surface area contributed by atoms with Crippen LogP contribution in [0.25, 0.3) is 11.3 Å². The van der Waals surface area contributed by atoms with Gasteiger partial charge in [-0.15, -0.1) is 0 Å². The van der Waals surface area contributed by atoms with Crippen molar-refractivity contribution in [3.8, 4) is 17.0 Å². The van der Waals surface area contributed by atoms with Crippen LogP contribution in [0.15, 0.2) is 24.3 Å². The van der Waals surface area contributed by atoms with E-state index >= 15 is 0 Å². The van der Waals surface area contributed by atoms with Crippen molar-refractivity contribution in [2.45, 2.75) is 25.4 Å². The van der Waals surface area contributed by atoms with Crippen LogP contribution in [-0.4, -0.2) is 27.0 Å². The maximum absolute atomic E-state index is 12.9. The Bertz CT molecular complexity index is 826. The molecule has 0 fully saturated rings. The number of aliphatic carboxylic acids is 1. The number of aromatic nitrogens is 2. The van der Waals surface area contributed by atoms with E-state index in [0.717, 1.165) is 20.0 Å². The zero-order valence-corrected chi connectivity index (χ0v) is 13.3. The molecule has 0 aliphatic rings. The Morgan fingerprint density at radius 2 is 1.77 bits per heavy atom. The third-order valence-electron chi connectivity index (χ3n) is 3.40. The van der Waals surface area contributed by atoms with Gasteiger partial charge < -0.3 is 9.84 Å². The summed E-state index contributed by atoms with van der Waals surface area (Å²) >= 11 is 0. The molecule has 2 rings (SSSR count). The number of carboxylic acid groups (broad SMARTS) is 1. The first kappa shape index (κ1) is 19.6. The van der Waals surface area contributed by atoms with E-state index in [-0.39, 0.29) is 5.75 Å². The van der Waals surface area contributed by atoms with Crippen molar-refractivity contribution < 1.29 is 41.0 Å². The Balaban J connectivity index is 2.61. The summed E-state index contributed by atoms with van der Waals surface area (Å²) in [4.78, 5) is 10.9. The molecule has 142 valence electrons. The second kappa shape index (κ2) is 6.54. The van der Waals surface area contributed by atoms with E-state index in [4.69, 9.17) is 9.84 Å². The second-order valence-corrected chi connectivity index (χ2v) is 5.34. The summed E-state index contributed by atoms with van der Waals surface area (Å²) in [5.74, 6) is -1.73. The lowest BCUT2D eigenvalue weighted by Gasteiger charge is -2.15. The molecular weight excluding hydrogens is 370 g/mol. The first-order valence-corrected chi connectivity index (χ1v) is 7.03. The van der Waals surface area contributed by atoms with Gasteiger partial charge in [0.2, 0.25) is 0 Å². The summed E-state index contributed by atoms with van der Waals surface area (Å²) in [6.07, 6.45) is -11.0. The molecule has 11 heteroatoms. The number of aryl methyl sites for hydroxylation is 1.